The van der Waals surface area contributed by atoms with Crippen LogP contribution >= 0.6 is 11.3 Å². The molecule has 140 valence electrons. The topological polar surface area (TPSA) is 51.7 Å². The highest BCUT2D eigenvalue weighted by Crippen LogP contribution is 2.33. The van der Waals surface area contributed by atoms with Gasteiger partial charge in [0.2, 0.25) is 0 Å². The Balaban J connectivity index is 1.73. The Morgan fingerprint density at radius 1 is 1.37 bits per heavy atom. The third kappa shape index (κ3) is 3.65. The molecule has 1 fully saturated rings. The zero-order valence-corrected chi connectivity index (χ0v) is 15.7. The molecule has 1 aliphatic heterocycles. The summed E-state index contributed by atoms with van der Waals surface area (Å²) in [6.07, 6.45) is 1.77. The second kappa shape index (κ2) is 7.62. The maximum atomic E-state index is 14.2. The summed E-state index contributed by atoms with van der Waals surface area (Å²) in [5.41, 5.74) is 0.778. The third-order valence-electron chi connectivity index (χ3n) is 4.57. The Morgan fingerprint density at radius 2 is 2.22 bits per heavy atom. The lowest BCUT2D eigenvalue weighted by Crippen LogP contribution is -2.37. The number of rotatable bonds is 5. The quantitative estimate of drug-likeness (QED) is 0.657. The highest BCUT2D eigenvalue weighted by atomic mass is 32.1. The SMILES string of the molecule is COc1ccc2sc(N(CC3CCCO3)C(=O)c3ccccc3F)nc2c1. The van der Waals surface area contributed by atoms with Crippen molar-refractivity contribution in [2.45, 2.75) is 18.9 Å². The summed E-state index contributed by atoms with van der Waals surface area (Å²) in [5, 5.41) is 0.530. The van der Waals surface area contributed by atoms with E-state index in [1.54, 1.807) is 19.2 Å². The van der Waals surface area contributed by atoms with Crippen molar-refractivity contribution in [2.24, 2.45) is 0 Å². The van der Waals surface area contributed by atoms with Crippen molar-refractivity contribution in [3.8, 4) is 5.75 Å². The third-order valence-corrected chi connectivity index (χ3v) is 5.63. The number of hydrogen-bond acceptors (Lipinski definition) is 5. The number of hydrogen-bond donors (Lipinski definition) is 0. The number of carbonyl (C=O) groups is 1. The number of methoxy groups -OCH3 is 1. The van der Waals surface area contributed by atoms with Gasteiger partial charge in [-0.2, -0.15) is 0 Å². The van der Waals surface area contributed by atoms with Crippen LogP contribution in [-0.4, -0.2) is 37.3 Å². The second-order valence-electron chi connectivity index (χ2n) is 6.36. The minimum absolute atomic E-state index is 0.0346. The van der Waals surface area contributed by atoms with Crippen molar-refractivity contribution in [2.75, 3.05) is 25.2 Å². The fraction of sp³-hybridized carbons (Fsp3) is 0.300. The number of anilines is 1. The molecule has 7 heteroatoms. The van der Waals surface area contributed by atoms with E-state index in [1.165, 1.54) is 28.4 Å². The fourth-order valence-electron chi connectivity index (χ4n) is 3.16. The van der Waals surface area contributed by atoms with Crippen LogP contribution in [0.3, 0.4) is 0 Å². The lowest BCUT2D eigenvalue weighted by Gasteiger charge is -2.23. The van der Waals surface area contributed by atoms with Gasteiger partial charge in [-0.1, -0.05) is 23.5 Å². The van der Waals surface area contributed by atoms with Crippen LogP contribution in [0.1, 0.15) is 23.2 Å². The number of thiazole rings is 1. The van der Waals surface area contributed by atoms with Crippen LogP contribution in [0.25, 0.3) is 10.2 Å². The van der Waals surface area contributed by atoms with E-state index in [1.807, 2.05) is 18.2 Å². The zero-order valence-electron chi connectivity index (χ0n) is 14.9. The van der Waals surface area contributed by atoms with Gasteiger partial charge in [-0.05, 0) is 37.1 Å². The average molecular weight is 386 g/mol. The van der Waals surface area contributed by atoms with Gasteiger partial charge in [0.1, 0.15) is 11.6 Å². The molecular weight excluding hydrogens is 367 g/mol. The molecule has 0 aliphatic carbocycles. The molecule has 5 nitrogen and oxygen atoms in total. The first-order chi connectivity index (χ1) is 13.2. The fourth-order valence-corrected chi connectivity index (χ4v) is 4.11. The molecule has 2 aromatic carbocycles. The van der Waals surface area contributed by atoms with Crippen LogP contribution in [-0.2, 0) is 4.74 Å². The molecule has 4 rings (SSSR count). The standard InChI is InChI=1S/C20H19FN2O3S/c1-25-13-8-9-18-17(11-13)22-20(27-18)23(12-14-5-4-10-26-14)19(24)15-6-2-3-7-16(15)21/h2-3,6-9,11,14H,4-5,10,12H2,1H3. The molecule has 1 saturated heterocycles. The van der Waals surface area contributed by atoms with E-state index in [0.29, 0.717) is 24.0 Å². The Bertz CT molecular complexity index is 969. The monoisotopic (exact) mass is 386 g/mol. The smallest absolute Gasteiger partial charge is 0.263 e. The number of nitrogens with zero attached hydrogens (tertiary/aromatic N) is 2. The maximum Gasteiger partial charge on any atom is 0.263 e. The predicted octanol–water partition coefficient (Wildman–Crippen LogP) is 4.27. The molecule has 1 aliphatic rings. The molecule has 1 atom stereocenters. The minimum atomic E-state index is -0.539. The van der Waals surface area contributed by atoms with Crippen molar-refractivity contribution in [1.29, 1.82) is 0 Å². The van der Waals surface area contributed by atoms with E-state index < -0.39 is 11.7 Å². The number of carbonyl (C=O) groups excluding carboxylic acids is 1. The summed E-state index contributed by atoms with van der Waals surface area (Å²) < 4.78 is 26.1. The number of aromatic nitrogens is 1. The number of fused-ring (bicyclic) bond motifs is 1. The van der Waals surface area contributed by atoms with Crippen molar-refractivity contribution in [3.05, 3.63) is 53.8 Å². The van der Waals surface area contributed by atoms with E-state index in [9.17, 15) is 9.18 Å². The molecule has 0 spiro atoms. The predicted molar refractivity (Wildman–Crippen MR) is 103 cm³/mol. The Labute approximate surface area is 160 Å². The van der Waals surface area contributed by atoms with Gasteiger partial charge in [0.25, 0.3) is 5.91 Å². The van der Waals surface area contributed by atoms with Gasteiger partial charge in [0.15, 0.2) is 5.13 Å². The molecule has 0 bridgehead atoms. The number of amides is 1. The molecule has 0 radical (unpaired) electrons. The largest absolute Gasteiger partial charge is 0.497 e. The van der Waals surface area contributed by atoms with E-state index in [0.717, 1.165) is 23.1 Å². The van der Waals surface area contributed by atoms with Crippen LogP contribution in [0.4, 0.5) is 9.52 Å². The minimum Gasteiger partial charge on any atom is -0.497 e. The van der Waals surface area contributed by atoms with E-state index in [-0.39, 0.29) is 11.7 Å². The lowest BCUT2D eigenvalue weighted by atomic mass is 10.1. The van der Waals surface area contributed by atoms with E-state index in [4.69, 9.17) is 9.47 Å². The van der Waals surface area contributed by atoms with Crippen LogP contribution < -0.4 is 9.64 Å². The van der Waals surface area contributed by atoms with Gasteiger partial charge in [-0.25, -0.2) is 9.37 Å². The van der Waals surface area contributed by atoms with Crippen molar-refractivity contribution in [3.63, 3.8) is 0 Å². The first-order valence-corrected chi connectivity index (χ1v) is 9.60. The summed E-state index contributed by atoms with van der Waals surface area (Å²) in [7, 11) is 1.60. The second-order valence-corrected chi connectivity index (χ2v) is 7.37. The van der Waals surface area contributed by atoms with Crippen molar-refractivity contribution in [1.82, 2.24) is 4.98 Å². The molecule has 1 unspecified atom stereocenters. The highest BCUT2D eigenvalue weighted by molar-refractivity contribution is 7.22. The van der Waals surface area contributed by atoms with Gasteiger partial charge in [-0.15, -0.1) is 0 Å². The van der Waals surface area contributed by atoms with E-state index in [2.05, 4.69) is 4.98 Å². The van der Waals surface area contributed by atoms with E-state index >= 15 is 0 Å². The average Bonchev–Trinajstić information content (AvgIpc) is 3.34. The van der Waals surface area contributed by atoms with Crippen LogP contribution in [0.5, 0.6) is 5.75 Å². The van der Waals surface area contributed by atoms with Gasteiger partial charge < -0.3 is 9.47 Å². The molecular formula is C20H19FN2O3S. The van der Waals surface area contributed by atoms with Gasteiger partial charge in [0.05, 0.1) is 35.5 Å². The first-order valence-electron chi connectivity index (χ1n) is 8.78. The summed E-state index contributed by atoms with van der Waals surface area (Å²) in [4.78, 5) is 19.3. The van der Waals surface area contributed by atoms with Gasteiger partial charge in [-0.3, -0.25) is 9.69 Å². The van der Waals surface area contributed by atoms with Gasteiger partial charge >= 0.3 is 0 Å². The summed E-state index contributed by atoms with van der Waals surface area (Å²) in [6, 6.07) is 11.6. The Kier molecular flexibility index (Phi) is 5.05. The molecule has 1 amide bonds. The molecule has 1 aromatic heterocycles. The number of benzene rings is 2. The van der Waals surface area contributed by atoms with Gasteiger partial charge in [0, 0.05) is 12.7 Å². The first kappa shape index (κ1) is 17.9. The zero-order chi connectivity index (χ0) is 18.8. The summed E-state index contributed by atoms with van der Waals surface area (Å²) in [5.74, 6) is -0.248. The van der Waals surface area contributed by atoms with Crippen LogP contribution in [0.2, 0.25) is 0 Å². The van der Waals surface area contributed by atoms with Crippen LogP contribution in [0, 0.1) is 5.82 Å². The number of halogens is 1. The maximum absolute atomic E-state index is 14.2. The Morgan fingerprint density at radius 3 is 2.96 bits per heavy atom. The molecule has 3 aromatic rings. The Hall–Kier alpha value is -2.51. The molecule has 27 heavy (non-hydrogen) atoms. The normalized spacial score (nSPS) is 16.6. The van der Waals surface area contributed by atoms with Crippen LogP contribution in [0.15, 0.2) is 42.5 Å². The summed E-state index contributed by atoms with van der Waals surface area (Å²) >= 11 is 1.40. The lowest BCUT2D eigenvalue weighted by molar-refractivity contribution is 0.0914. The molecule has 0 saturated carbocycles. The molecule has 0 N–H and O–H groups in total. The van der Waals surface area contributed by atoms with Crippen molar-refractivity contribution < 1.29 is 18.7 Å². The molecule has 2 heterocycles. The van der Waals surface area contributed by atoms with Crippen molar-refractivity contribution >= 4 is 32.6 Å². The highest BCUT2D eigenvalue weighted by Gasteiger charge is 2.28. The summed E-state index contributed by atoms with van der Waals surface area (Å²) in [6.45, 7) is 1.04. The number of ether oxygens (including phenoxy) is 2.